The first-order valence-electron chi connectivity index (χ1n) is 9.83. The SMILES string of the molecule is Cc1cc(N(C)C)nc(NC2CCC(C(=O)NCc3ccc(Cl)cc3Cl)CC2)n1. The predicted octanol–water partition coefficient (Wildman–Crippen LogP) is 4.44. The van der Waals surface area contributed by atoms with Gasteiger partial charge in [-0.1, -0.05) is 29.3 Å². The number of halogens is 2. The number of benzene rings is 1. The van der Waals surface area contributed by atoms with E-state index in [4.69, 9.17) is 23.2 Å². The second-order valence-corrected chi connectivity index (χ2v) is 8.58. The van der Waals surface area contributed by atoms with E-state index in [2.05, 4.69) is 20.6 Å². The molecule has 3 rings (SSSR count). The summed E-state index contributed by atoms with van der Waals surface area (Å²) in [5.74, 6) is 1.64. The van der Waals surface area contributed by atoms with E-state index < -0.39 is 0 Å². The number of carbonyl (C=O) groups excluding carboxylic acids is 1. The number of anilines is 2. The van der Waals surface area contributed by atoms with Crippen molar-refractivity contribution < 1.29 is 4.79 Å². The number of hydrogen-bond acceptors (Lipinski definition) is 5. The van der Waals surface area contributed by atoms with Crippen LogP contribution in [0.5, 0.6) is 0 Å². The first-order valence-corrected chi connectivity index (χ1v) is 10.6. The molecule has 2 N–H and O–H groups in total. The van der Waals surface area contributed by atoms with Gasteiger partial charge >= 0.3 is 0 Å². The van der Waals surface area contributed by atoms with Gasteiger partial charge < -0.3 is 15.5 Å². The highest BCUT2D eigenvalue weighted by molar-refractivity contribution is 6.35. The molecule has 1 amide bonds. The van der Waals surface area contributed by atoms with Crippen molar-refractivity contribution in [3.05, 3.63) is 45.6 Å². The summed E-state index contributed by atoms with van der Waals surface area (Å²) < 4.78 is 0. The maximum absolute atomic E-state index is 12.5. The van der Waals surface area contributed by atoms with Crippen molar-refractivity contribution in [3.8, 4) is 0 Å². The quantitative estimate of drug-likeness (QED) is 0.701. The molecule has 0 aliphatic heterocycles. The van der Waals surface area contributed by atoms with Crippen molar-refractivity contribution in [2.24, 2.45) is 5.92 Å². The molecule has 156 valence electrons. The van der Waals surface area contributed by atoms with Gasteiger partial charge in [-0.05, 0) is 50.3 Å². The van der Waals surface area contributed by atoms with Gasteiger partial charge in [-0.25, -0.2) is 4.98 Å². The summed E-state index contributed by atoms with van der Waals surface area (Å²) in [5, 5.41) is 7.60. The highest BCUT2D eigenvalue weighted by Crippen LogP contribution is 2.27. The third kappa shape index (κ3) is 5.97. The van der Waals surface area contributed by atoms with Gasteiger partial charge in [-0.2, -0.15) is 4.98 Å². The molecule has 6 nitrogen and oxygen atoms in total. The Morgan fingerprint density at radius 3 is 2.52 bits per heavy atom. The van der Waals surface area contributed by atoms with Crippen molar-refractivity contribution in [2.75, 3.05) is 24.3 Å². The fourth-order valence-electron chi connectivity index (χ4n) is 3.52. The summed E-state index contributed by atoms with van der Waals surface area (Å²) in [7, 11) is 3.93. The molecule has 1 fully saturated rings. The van der Waals surface area contributed by atoms with Crippen LogP contribution in [0.4, 0.5) is 11.8 Å². The lowest BCUT2D eigenvalue weighted by Gasteiger charge is -2.28. The molecule has 0 unspecified atom stereocenters. The molecule has 1 aromatic heterocycles. The molecule has 1 aliphatic carbocycles. The topological polar surface area (TPSA) is 70.2 Å². The van der Waals surface area contributed by atoms with Crippen molar-refractivity contribution in [1.29, 1.82) is 0 Å². The summed E-state index contributed by atoms with van der Waals surface area (Å²) in [4.78, 5) is 23.6. The summed E-state index contributed by atoms with van der Waals surface area (Å²) in [5.41, 5.74) is 1.80. The van der Waals surface area contributed by atoms with Gasteiger partial charge in [0.25, 0.3) is 0 Å². The molecule has 0 bridgehead atoms. The van der Waals surface area contributed by atoms with Crippen LogP contribution in [-0.4, -0.2) is 36.0 Å². The van der Waals surface area contributed by atoms with Crippen LogP contribution in [0.2, 0.25) is 10.0 Å². The number of carbonyl (C=O) groups is 1. The maximum atomic E-state index is 12.5. The summed E-state index contributed by atoms with van der Waals surface area (Å²) >= 11 is 12.1. The van der Waals surface area contributed by atoms with Gasteiger partial charge in [0.05, 0.1) is 0 Å². The van der Waals surface area contributed by atoms with Gasteiger partial charge in [0, 0.05) is 54.4 Å². The molecule has 29 heavy (non-hydrogen) atoms. The lowest BCUT2D eigenvalue weighted by atomic mass is 9.85. The third-order valence-electron chi connectivity index (χ3n) is 5.20. The van der Waals surface area contributed by atoms with Crippen LogP contribution in [0.1, 0.15) is 36.9 Å². The predicted molar refractivity (Wildman–Crippen MR) is 119 cm³/mol. The Hall–Kier alpha value is -2.05. The molecule has 0 spiro atoms. The van der Waals surface area contributed by atoms with Crippen molar-refractivity contribution in [3.63, 3.8) is 0 Å². The van der Waals surface area contributed by atoms with Crippen molar-refractivity contribution in [2.45, 2.75) is 45.2 Å². The monoisotopic (exact) mass is 435 g/mol. The van der Waals surface area contributed by atoms with Crippen LogP contribution in [0.25, 0.3) is 0 Å². The van der Waals surface area contributed by atoms with Gasteiger partial charge in [0.1, 0.15) is 5.82 Å². The average molecular weight is 436 g/mol. The van der Waals surface area contributed by atoms with Crippen molar-refractivity contribution in [1.82, 2.24) is 15.3 Å². The number of nitrogens with zero attached hydrogens (tertiary/aromatic N) is 3. The third-order valence-corrected chi connectivity index (χ3v) is 5.79. The number of hydrogen-bond donors (Lipinski definition) is 2. The number of rotatable bonds is 6. The maximum Gasteiger partial charge on any atom is 0.225 e. The van der Waals surface area contributed by atoms with Gasteiger partial charge in [0.15, 0.2) is 0 Å². The Bertz CT molecular complexity index is 866. The molecule has 1 aromatic carbocycles. The minimum absolute atomic E-state index is 0.0230. The zero-order valence-corrected chi connectivity index (χ0v) is 18.5. The molecule has 0 atom stereocenters. The Morgan fingerprint density at radius 1 is 1.14 bits per heavy atom. The van der Waals surface area contributed by atoms with E-state index in [-0.39, 0.29) is 17.9 Å². The van der Waals surface area contributed by atoms with Crippen LogP contribution in [0, 0.1) is 12.8 Å². The molecular weight excluding hydrogens is 409 g/mol. The van der Waals surface area contributed by atoms with E-state index in [0.717, 1.165) is 42.8 Å². The molecule has 1 aliphatic rings. The van der Waals surface area contributed by atoms with Crippen molar-refractivity contribution >= 4 is 40.9 Å². The first kappa shape index (κ1) is 21.7. The first-order chi connectivity index (χ1) is 13.8. The molecule has 1 heterocycles. The molecule has 2 aromatic rings. The Kier molecular flexibility index (Phi) is 7.19. The second-order valence-electron chi connectivity index (χ2n) is 7.73. The molecule has 1 saturated carbocycles. The van der Waals surface area contributed by atoms with E-state index in [1.165, 1.54) is 0 Å². The molecule has 8 heteroatoms. The lowest BCUT2D eigenvalue weighted by Crippen LogP contribution is -2.36. The van der Waals surface area contributed by atoms with Crippen LogP contribution in [0.3, 0.4) is 0 Å². The Labute approximate surface area is 182 Å². The number of nitrogens with one attached hydrogen (secondary N) is 2. The fourth-order valence-corrected chi connectivity index (χ4v) is 4.00. The van der Waals surface area contributed by atoms with Crippen LogP contribution < -0.4 is 15.5 Å². The van der Waals surface area contributed by atoms with E-state index in [1.807, 2.05) is 38.1 Å². The lowest BCUT2D eigenvalue weighted by molar-refractivity contribution is -0.126. The Morgan fingerprint density at radius 2 is 1.86 bits per heavy atom. The minimum Gasteiger partial charge on any atom is -0.363 e. The average Bonchev–Trinajstić information content (AvgIpc) is 2.67. The second kappa shape index (κ2) is 9.63. The van der Waals surface area contributed by atoms with E-state index in [9.17, 15) is 4.79 Å². The zero-order valence-electron chi connectivity index (χ0n) is 17.0. The van der Waals surface area contributed by atoms with Crippen LogP contribution in [-0.2, 0) is 11.3 Å². The standard InChI is InChI=1S/C21H27Cl2N5O/c1-13-10-19(28(2)3)27-21(25-13)26-17-8-5-14(6-9-17)20(29)24-12-15-4-7-16(22)11-18(15)23/h4,7,10-11,14,17H,5-6,8-9,12H2,1-3H3,(H,24,29)(H,25,26,27). The summed E-state index contributed by atoms with van der Waals surface area (Å²) in [6.45, 7) is 2.38. The fraction of sp³-hybridized carbons (Fsp3) is 0.476. The summed E-state index contributed by atoms with van der Waals surface area (Å²) in [6, 6.07) is 7.55. The van der Waals surface area contributed by atoms with Gasteiger partial charge in [-0.15, -0.1) is 0 Å². The van der Waals surface area contributed by atoms with Gasteiger partial charge in [-0.3, -0.25) is 4.79 Å². The number of aryl methyl sites for hydroxylation is 1. The smallest absolute Gasteiger partial charge is 0.225 e. The van der Waals surface area contributed by atoms with Crippen LogP contribution in [0.15, 0.2) is 24.3 Å². The highest BCUT2D eigenvalue weighted by Gasteiger charge is 2.26. The van der Waals surface area contributed by atoms with E-state index >= 15 is 0 Å². The van der Waals surface area contributed by atoms with E-state index in [0.29, 0.717) is 22.5 Å². The highest BCUT2D eigenvalue weighted by atomic mass is 35.5. The summed E-state index contributed by atoms with van der Waals surface area (Å²) in [6.07, 6.45) is 3.50. The number of amides is 1. The van der Waals surface area contributed by atoms with Crippen LogP contribution >= 0.6 is 23.2 Å². The van der Waals surface area contributed by atoms with Gasteiger partial charge in [0.2, 0.25) is 11.9 Å². The largest absolute Gasteiger partial charge is 0.363 e. The normalized spacial score (nSPS) is 18.9. The zero-order chi connectivity index (χ0) is 21.0. The Balaban J connectivity index is 1.49. The minimum atomic E-state index is 0.0230. The van der Waals surface area contributed by atoms with E-state index in [1.54, 1.807) is 12.1 Å². The number of aromatic nitrogens is 2. The molecule has 0 radical (unpaired) electrons. The molecule has 0 saturated heterocycles. The molecular formula is C21H27Cl2N5O.